The summed E-state index contributed by atoms with van der Waals surface area (Å²) in [5.41, 5.74) is 10.5. The molecule has 2 heterocycles. The van der Waals surface area contributed by atoms with Crippen molar-refractivity contribution in [3.05, 3.63) is 47.5 Å². The van der Waals surface area contributed by atoms with Crippen LogP contribution in [0.4, 0.5) is 5.82 Å². The van der Waals surface area contributed by atoms with Crippen LogP contribution in [0.3, 0.4) is 0 Å². The molecule has 0 aliphatic rings. The largest absolute Gasteiger partial charge is 0.495 e. The van der Waals surface area contributed by atoms with Crippen LogP contribution in [0, 0.1) is 13.8 Å². The predicted octanol–water partition coefficient (Wildman–Crippen LogP) is 3.25. The summed E-state index contributed by atoms with van der Waals surface area (Å²) in [5, 5.41) is 0. The van der Waals surface area contributed by atoms with Gasteiger partial charge >= 0.3 is 5.97 Å². The van der Waals surface area contributed by atoms with E-state index in [2.05, 4.69) is 9.97 Å². The minimum Gasteiger partial charge on any atom is -0.495 e. The van der Waals surface area contributed by atoms with Gasteiger partial charge in [0, 0.05) is 11.8 Å². The number of aromatic amines is 1. The van der Waals surface area contributed by atoms with Gasteiger partial charge in [-0.3, -0.25) is 0 Å². The van der Waals surface area contributed by atoms with E-state index in [0.717, 1.165) is 28.2 Å². The Morgan fingerprint density at radius 3 is 2.73 bits per heavy atom. The van der Waals surface area contributed by atoms with Crippen molar-refractivity contribution in [2.75, 3.05) is 19.5 Å². The SMILES string of the molecule is CCOC(=O)c1c(N)[nH]c(-c2ccc(-n3cnc(C)c3)c(OC)c2)c1C. The first-order valence-electron chi connectivity index (χ1n) is 8.30. The molecule has 7 heteroatoms. The third-order valence-electron chi connectivity index (χ3n) is 4.22. The highest BCUT2D eigenvalue weighted by Gasteiger charge is 2.21. The van der Waals surface area contributed by atoms with Gasteiger partial charge in [0.15, 0.2) is 0 Å². The highest BCUT2D eigenvalue weighted by molar-refractivity contribution is 5.98. The molecule has 0 atom stereocenters. The van der Waals surface area contributed by atoms with Gasteiger partial charge in [-0.15, -0.1) is 0 Å². The number of rotatable bonds is 5. The quantitative estimate of drug-likeness (QED) is 0.686. The monoisotopic (exact) mass is 354 g/mol. The Kier molecular flexibility index (Phi) is 4.71. The van der Waals surface area contributed by atoms with Gasteiger partial charge in [0.25, 0.3) is 0 Å². The lowest BCUT2D eigenvalue weighted by molar-refractivity contribution is 0.0527. The molecule has 0 unspecified atom stereocenters. The number of benzene rings is 1. The second-order valence-corrected chi connectivity index (χ2v) is 5.94. The lowest BCUT2D eigenvalue weighted by Gasteiger charge is -2.11. The van der Waals surface area contributed by atoms with Crippen LogP contribution >= 0.6 is 0 Å². The number of carbonyl (C=O) groups excluding carboxylic acids is 1. The van der Waals surface area contributed by atoms with Crippen molar-refractivity contribution in [1.29, 1.82) is 0 Å². The number of nitrogen functional groups attached to an aromatic ring is 1. The Morgan fingerprint density at radius 1 is 1.35 bits per heavy atom. The molecule has 3 rings (SSSR count). The number of hydrogen-bond donors (Lipinski definition) is 2. The fraction of sp³-hybridized carbons (Fsp3) is 0.263. The van der Waals surface area contributed by atoms with Crippen molar-refractivity contribution in [3.63, 3.8) is 0 Å². The van der Waals surface area contributed by atoms with Crippen LogP contribution in [-0.4, -0.2) is 34.2 Å². The second kappa shape index (κ2) is 6.95. The summed E-state index contributed by atoms with van der Waals surface area (Å²) >= 11 is 0. The number of anilines is 1. The smallest absolute Gasteiger partial charge is 0.342 e. The zero-order valence-electron chi connectivity index (χ0n) is 15.3. The molecule has 0 bridgehead atoms. The number of H-pyrrole nitrogens is 1. The third-order valence-corrected chi connectivity index (χ3v) is 4.22. The van der Waals surface area contributed by atoms with E-state index in [0.29, 0.717) is 23.7 Å². The summed E-state index contributed by atoms with van der Waals surface area (Å²) in [4.78, 5) is 19.5. The molecule has 2 aromatic heterocycles. The van der Waals surface area contributed by atoms with Gasteiger partial charge < -0.3 is 24.8 Å². The van der Waals surface area contributed by atoms with Gasteiger partial charge in [-0.2, -0.15) is 0 Å². The highest BCUT2D eigenvalue weighted by Crippen LogP contribution is 2.34. The number of nitrogens with zero attached hydrogens (tertiary/aromatic N) is 2. The average Bonchev–Trinajstić information content (AvgIpc) is 3.17. The molecule has 0 saturated heterocycles. The first kappa shape index (κ1) is 17.6. The first-order chi connectivity index (χ1) is 12.5. The van der Waals surface area contributed by atoms with Gasteiger partial charge in [-0.25, -0.2) is 9.78 Å². The van der Waals surface area contributed by atoms with Crippen LogP contribution in [0.5, 0.6) is 5.75 Å². The number of carbonyl (C=O) groups is 1. The Hall–Kier alpha value is -3.22. The van der Waals surface area contributed by atoms with Gasteiger partial charge in [-0.1, -0.05) is 6.07 Å². The molecule has 0 saturated carbocycles. The Bertz CT molecular complexity index is 956. The van der Waals surface area contributed by atoms with Crippen molar-refractivity contribution in [2.45, 2.75) is 20.8 Å². The molecule has 0 aliphatic carbocycles. The van der Waals surface area contributed by atoms with Crippen molar-refractivity contribution < 1.29 is 14.3 Å². The van der Waals surface area contributed by atoms with Gasteiger partial charge in [-0.05, 0) is 38.5 Å². The molecule has 0 radical (unpaired) electrons. The molecule has 3 aromatic rings. The van der Waals surface area contributed by atoms with E-state index < -0.39 is 5.97 Å². The molecule has 7 nitrogen and oxygen atoms in total. The van der Waals surface area contributed by atoms with E-state index in [1.807, 2.05) is 42.8 Å². The fourth-order valence-corrected chi connectivity index (χ4v) is 2.97. The number of aromatic nitrogens is 3. The molecule has 136 valence electrons. The van der Waals surface area contributed by atoms with Gasteiger partial charge in [0.1, 0.15) is 17.1 Å². The molecular weight excluding hydrogens is 332 g/mol. The van der Waals surface area contributed by atoms with Crippen molar-refractivity contribution >= 4 is 11.8 Å². The predicted molar refractivity (Wildman–Crippen MR) is 99.7 cm³/mol. The summed E-state index contributed by atoms with van der Waals surface area (Å²) < 4.78 is 12.5. The molecule has 26 heavy (non-hydrogen) atoms. The standard InChI is InChI=1S/C19H22N4O3/c1-5-26-19(24)16-12(3)17(22-18(16)20)13-6-7-14(15(8-13)25-4)23-9-11(2)21-10-23/h6-10,22H,5,20H2,1-4H3. The molecular formula is C19H22N4O3. The van der Waals surface area contributed by atoms with E-state index in [-0.39, 0.29) is 0 Å². The number of aryl methyl sites for hydroxylation is 1. The molecule has 0 aliphatic heterocycles. The van der Waals surface area contributed by atoms with Crippen molar-refractivity contribution in [2.24, 2.45) is 0 Å². The van der Waals surface area contributed by atoms with Crippen LogP contribution in [0.1, 0.15) is 28.5 Å². The zero-order chi connectivity index (χ0) is 18.8. The van der Waals surface area contributed by atoms with E-state index >= 15 is 0 Å². The highest BCUT2D eigenvalue weighted by atomic mass is 16.5. The van der Waals surface area contributed by atoms with E-state index in [9.17, 15) is 4.79 Å². The summed E-state index contributed by atoms with van der Waals surface area (Å²) in [5.74, 6) is 0.553. The number of nitrogens with two attached hydrogens (primary N) is 1. The number of ether oxygens (including phenoxy) is 2. The summed E-state index contributed by atoms with van der Waals surface area (Å²) in [7, 11) is 1.62. The molecule has 3 N–H and O–H groups in total. The van der Waals surface area contributed by atoms with Gasteiger partial charge in [0.2, 0.25) is 0 Å². The lowest BCUT2D eigenvalue weighted by Crippen LogP contribution is -2.07. The lowest BCUT2D eigenvalue weighted by atomic mass is 10.0. The van der Waals surface area contributed by atoms with Gasteiger partial charge in [0.05, 0.1) is 37.1 Å². The maximum absolute atomic E-state index is 12.1. The Labute approximate surface area is 151 Å². The Morgan fingerprint density at radius 2 is 2.12 bits per heavy atom. The number of methoxy groups -OCH3 is 1. The fourth-order valence-electron chi connectivity index (χ4n) is 2.97. The van der Waals surface area contributed by atoms with Crippen LogP contribution in [0.25, 0.3) is 16.9 Å². The summed E-state index contributed by atoms with van der Waals surface area (Å²) in [6.07, 6.45) is 3.66. The topological polar surface area (TPSA) is 95.2 Å². The molecule has 1 aromatic carbocycles. The number of imidazole rings is 1. The average molecular weight is 354 g/mol. The first-order valence-corrected chi connectivity index (χ1v) is 8.30. The minimum atomic E-state index is -0.428. The van der Waals surface area contributed by atoms with E-state index in [1.165, 1.54) is 0 Å². The number of esters is 1. The third kappa shape index (κ3) is 3.03. The van der Waals surface area contributed by atoms with Crippen molar-refractivity contribution in [3.8, 4) is 22.7 Å². The van der Waals surface area contributed by atoms with Crippen LogP contribution < -0.4 is 10.5 Å². The van der Waals surface area contributed by atoms with E-state index in [1.54, 1.807) is 20.4 Å². The number of nitrogens with one attached hydrogen (secondary N) is 1. The second-order valence-electron chi connectivity index (χ2n) is 5.94. The summed E-state index contributed by atoms with van der Waals surface area (Å²) in [6, 6.07) is 5.79. The van der Waals surface area contributed by atoms with Crippen LogP contribution in [0.15, 0.2) is 30.7 Å². The molecule has 0 spiro atoms. The molecule has 0 amide bonds. The van der Waals surface area contributed by atoms with Crippen LogP contribution in [0.2, 0.25) is 0 Å². The van der Waals surface area contributed by atoms with E-state index in [4.69, 9.17) is 15.2 Å². The summed E-state index contributed by atoms with van der Waals surface area (Å²) in [6.45, 7) is 5.83. The normalized spacial score (nSPS) is 10.8. The number of hydrogen-bond acceptors (Lipinski definition) is 5. The maximum atomic E-state index is 12.1. The Balaban J connectivity index is 2.06. The minimum absolute atomic E-state index is 0.296. The zero-order valence-corrected chi connectivity index (χ0v) is 15.3. The van der Waals surface area contributed by atoms with Crippen molar-refractivity contribution in [1.82, 2.24) is 14.5 Å². The molecule has 0 fully saturated rings. The van der Waals surface area contributed by atoms with Crippen LogP contribution in [-0.2, 0) is 4.74 Å². The maximum Gasteiger partial charge on any atom is 0.342 e.